The molecule has 0 saturated carbocycles. The molecule has 0 bridgehead atoms. The molecule has 0 radical (unpaired) electrons. The summed E-state index contributed by atoms with van der Waals surface area (Å²) in [7, 11) is -9.54. The van der Waals surface area contributed by atoms with Gasteiger partial charge in [0.1, 0.15) is 24.9 Å². The van der Waals surface area contributed by atoms with Crippen molar-refractivity contribution < 1.29 is 48.1 Å². The first kappa shape index (κ1) is 44.8. The number of rotatable bonds is 16. The molecule has 16 nitrogen and oxygen atoms in total. The normalized spacial score (nSPS) is 20.7. The van der Waals surface area contributed by atoms with Crippen LogP contribution in [0.2, 0.25) is 0 Å². The van der Waals surface area contributed by atoms with E-state index in [1.165, 1.54) is 56.1 Å². The molecule has 1 aromatic carbocycles. The molecule has 1 aromatic heterocycles. The molecule has 282 valence electrons. The summed E-state index contributed by atoms with van der Waals surface area (Å²) < 4.78 is 35.2. The third-order valence-electron chi connectivity index (χ3n) is 7.76. The van der Waals surface area contributed by atoms with E-state index in [4.69, 9.17) is 19.4 Å². The van der Waals surface area contributed by atoms with Gasteiger partial charge in [0, 0.05) is 18.8 Å². The van der Waals surface area contributed by atoms with E-state index in [-0.39, 0.29) is 18.6 Å². The maximum atomic E-state index is 13.0. The summed E-state index contributed by atoms with van der Waals surface area (Å²) >= 11 is 0. The predicted molar refractivity (Wildman–Crippen MR) is 187 cm³/mol. The number of hydrogen-bond donors (Lipinski definition) is 5. The number of aromatic nitrogens is 2. The highest BCUT2D eigenvalue weighted by atomic mass is 31.2. The third-order valence-corrected chi connectivity index (χ3v) is 11.2. The van der Waals surface area contributed by atoms with Crippen LogP contribution in [0.25, 0.3) is 0 Å². The second-order valence-corrected chi connectivity index (χ2v) is 15.0. The van der Waals surface area contributed by atoms with E-state index in [1.54, 1.807) is 6.92 Å². The van der Waals surface area contributed by atoms with Gasteiger partial charge in [-0.2, -0.15) is 0 Å². The van der Waals surface area contributed by atoms with E-state index in [0.717, 1.165) is 10.1 Å². The molecule has 18 heteroatoms. The van der Waals surface area contributed by atoms with E-state index < -0.39 is 57.9 Å². The Morgan fingerprint density at radius 3 is 1.82 bits per heavy atom. The highest BCUT2D eigenvalue weighted by Crippen LogP contribution is 2.55. The molecule has 1 fully saturated rings. The van der Waals surface area contributed by atoms with Gasteiger partial charge >= 0.3 is 20.9 Å². The molecule has 1 aliphatic rings. The van der Waals surface area contributed by atoms with Crippen LogP contribution in [-0.4, -0.2) is 114 Å². The van der Waals surface area contributed by atoms with Crippen LogP contribution in [0.5, 0.6) is 0 Å². The minimum atomic E-state index is -4.84. The van der Waals surface area contributed by atoms with Crippen LogP contribution in [0.4, 0.5) is 0 Å². The van der Waals surface area contributed by atoms with Gasteiger partial charge in [0.25, 0.3) is 0 Å². The molecule has 3 rings (SSSR count). The Morgan fingerprint density at radius 2 is 1.37 bits per heavy atom. The van der Waals surface area contributed by atoms with Crippen molar-refractivity contribution in [2.45, 2.75) is 86.2 Å². The molecule has 5 atom stereocenters. The molecule has 2 aromatic rings. The monoisotopic (exact) mass is 737 g/mol. The number of hydrogen-bond acceptors (Lipinski definition) is 11. The average molecular weight is 738 g/mol. The summed E-state index contributed by atoms with van der Waals surface area (Å²) in [6.07, 6.45) is -4.66. The van der Waals surface area contributed by atoms with Crippen molar-refractivity contribution in [1.29, 1.82) is 0 Å². The summed E-state index contributed by atoms with van der Waals surface area (Å²) in [5, 5.41) is 24.7. The molecule has 0 amide bonds. The molecule has 0 aliphatic carbocycles. The van der Waals surface area contributed by atoms with Crippen molar-refractivity contribution in [3.63, 3.8) is 0 Å². The van der Waals surface area contributed by atoms with Gasteiger partial charge in [-0.1, -0.05) is 77.0 Å². The maximum Gasteiger partial charge on any atom is 0.340 e. The lowest BCUT2D eigenvalue weighted by Crippen LogP contribution is -2.43. The lowest BCUT2D eigenvalue weighted by Gasteiger charge is -2.19. The van der Waals surface area contributed by atoms with Gasteiger partial charge in [0.05, 0.1) is 6.61 Å². The fraction of sp³-hybridized carbons (Fsp3) is 0.677. The number of aliphatic hydroxyl groups excluding tert-OH is 2. The number of benzene rings is 1. The maximum absolute atomic E-state index is 13.0. The molecular formula is C31H57N5O11P2. The van der Waals surface area contributed by atoms with Crippen molar-refractivity contribution in [2.75, 3.05) is 51.8 Å². The number of nitrogens with zero attached hydrogens (tertiary/aromatic N) is 5. The van der Waals surface area contributed by atoms with Crippen LogP contribution in [0, 0.1) is 0 Å². The Balaban J connectivity index is 0.000000717. The van der Waals surface area contributed by atoms with Gasteiger partial charge in [-0.15, -0.1) is 0 Å². The average Bonchev–Trinajstić information content (AvgIpc) is 3.34. The van der Waals surface area contributed by atoms with Crippen LogP contribution in [-0.2, 0) is 36.4 Å². The fourth-order valence-electron chi connectivity index (χ4n) is 4.76. The summed E-state index contributed by atoms with van der Waals surface area (Å²) in [6.45, 7) is 21.6. The summed E-state index contributed by atoms with van der Waals surface area (Å²) in [5.74, 6) is -1.41. The molecular weight excluding hydrogens is 680 g/mol. The van der Waals surface area contributed by atoms with E-state index in [2.05, 4.69) is 61.0 Å². The Labute approximate surface area is 289 Å². The van der Waals surface area contributed by atoms with Crippen LogP contribution in [0.15, 0.2) is 52.5 Å². The third kappa shape index (κ3) is 15.7. The quantitative estimate of drug-likeness (QED) is 0.124. The summed E-state index contributed by atoms with van der Waals surface area (Å²) in [6, 6.07) is 10.7. The lowest BCUT2D eigenvalue weighted by molar-refractivity contribution is -0.0531. The Hall–Kier alpha value is -2.20. The first-order chi connectivity index (χ1) is 23.1. The first-order valence-electron chi connectivity index (χ1n) is 16.6. The molecule has 1 aliphatic heterocycles. The topological polar surface area (TPSA) is 209 Å². The second-order valence-electron chi connectivity index (χ2n) is 11.0. The first-order valence-corrected chi connectivity index (χ1v) is 20.2. The molecule has 49 heavy (non-hydrogen) atoms. The minimum absolute atomic E-state index is 0.183. The van der Waals surface area contributed by atoms with Crippen LogP contribution in [0.1, 0.15) is 60.3 Å². The zero-order chi connectivity index (χ0) is 37.2. The highest BCUT2D eigenvalue weighted by Gasteiger charge is 2.45. The van der Waals surface area contributed by atoms with Crippen LogP contribution < -0.4 is 11.2 Å². The number of ether oxygens (including phenoxy) is 1. The standard InChI is InChI=1S/C19H27N3O11P2.2C6H15N/c1-2-21-15(20-31-10-13-6-4-3-5-7-13)8-9-22(19(21)25)18-17(24)16(23)14(33-18)11-32-35(29,30)12-34(26,27)28;2*1-4-7(5-2)6-3/h3-9,14,16-18,23-24H,2,10-12H2,1H3,(H,29,30)(H2,26,27,28);2*4-6H2,1-3H3/b20-15-;;/t14-,16-,17-,18-;;/m1../s1. The minimum Gasteiger partial charge on any atom is -0.389 e. The second kappa shape index (κ2) is 22.6. The van der Waals surface area contributed by atoms with Crippen LogP contribution >= 0.6 is 15.2 Å². The molecule has 1 unspecified atom stereocenters. The van der Waals surface area contributed by atoms with Gasteiger partial charge in [0.15, 0.2) is 17.6 Å². The van der Waals surface area contributed by atoms with Crippen molar-refractivity contribution in [1.82, 2.24) is 18.9 Å². The van der Waals surface area contributed by atoms with E-state index in [1.807, 2.05) is 30.3 Å². The van der Waals surface area contributed by atoms with Crippen molar-refractivity contribution >= 4 is 15.2 Å². The molecule has 0 spiro atoms. The molecule has 2 heterocycles. The molecule has 5 N–H and O–H groups in total. The van der Waals surface area contributed by atoms with E-state index in [9.17, 15) is 29.0 Å². The van der Waals surface area contributed by atoms with E-state index in [0.29, 0.717) is 0 Å². The van der Waals surface area contributed by atoms with Crippen LogP contribution in [0.3, 0.4) is 0 Å². The number of aliphatic hydroxyl groups is 2. The van der Waals surface area contributed by atoms with E-state index >= 15 is 0 Å². The zero-order valence-electron chi connectivity index (χ0n) is 29.7. The van der Waals surface area contributed by atoms with Gasteiger partial charge < -0.3 is 48.8 Å². The smallest absolute Gasteiger partial charge is 0.340 e. The SMILES string of the molecule is CCN(CC)CC.CCN(CC)CC.CCn1c(=O)n([C@@H]2O[C@H](COP(=O)(O)CP(=O)(O)O)[C@@H](O)[C@H]2O)cc/c1=N/OCc1ccccc1. The highest BCUT2D eigenvalue weighted by molar-refractivity contribution is 7.70. The summed E-state index contributed by atoms with van der Waals surface area (Å²) in [5.41, 5.74) is 0.450. The van der Waals surface area contributed by atoms with Gasteiger partial charge in [0.2, 0.25) is 0 Å². The van der Waals surface area contributed by atoms with Crippen molar-refractivity contribution in [2.24, 2.45) is 5.16 Å². The fourth-order valence-corrected chi connectivity index (χ4v) is 7.33. The zero-order valence-corrected chi connectivity index (χ0v) is 31.5. The summed E-state index contributed by atoms with van der Waals surface area (Å²) in [4.78, 5) is 50.4. The van der Waals surface area contributed by atoms with Gasteiger partial charge in [-0.05, 0) is 51.8 Å². The lowest BCUT2D eigenvalue weighted by atomic mass is 10.1. The Morgan fingerprint density at radius 1 is 0.837 bits per heavy atom. The molecule has 1 saturated heterocycles. The largest absolute Gasteiger partial charge is 0.389 e. The van der Waals surface area contributed by atoms with Gasteiger partial charge in [-0.3, -0.25) is 18.3 Å². The Kier molecular flexibility index (Phi) is 20.7. The van der Waals surface area contributed by atoms with Crippen molar-refractivity contribution in [3.8, 4) is 0 Å². The van der Waals surface area contributed by atoms with Gasteiger partial charge in [-0.25, -0.2) is 4.79 Å². The predicted octanol–water partition coefficient (Wildman–Crippen LogP) is 2.35. The Bertz CT molecular complexity index is 1410. The van der Waals surface area contributed by atoms with Crippen molar-refractivity contribution in [3.05, 3.63) is 64.1 Å².